The molecule has 1 aliphatic rings. The largest absolute Gasteiger partial charge is 0.445 e. The molecule has 1 fully saturated rings. The molecule has 29 heavy (non-hydrogen) atoms. The van der Waals surface area contributed by atoms with Gasteiger partial charge >= 0.3 is 6.09 Å². The van der Waals surface area contributed by atoms with Gasteiger partial charge in [0.05, 0.1) is 0 Å². The SMILES string of the molecule is CC[C@H](C)[C@H](NC(=O)OCc1ccccc1)C(=O)NCCCN1CCCC[C@H]1C. The number of hydrogen-bond acceptors (Lipinski definition) is 4. The summed E-state index contributed by atoms with van der Waals surface area (Å²) in [4.78, 5) is 27.4. The number of likely N-dealkylation sites (tertiary alicyclic amines) is 1. The van der Waals surface area contributed by atoms with Crippen molar-refractivity contribution in [2.24, 2.45) is 5.92 Å². The zero-order valence-electron chi connectivity index (χ0n) is 18.2. The van der Waals surface area contributed by atoms with Gasteiger partial charge in [-0.3, -0.25) is 4.79 Å². The molecular formula is C23H37N3O3. The molecule has 0 radical (unpaired) electrons. The summed E-state index contributed by atoms with van der Waals surface area (Å²) in [5.74, 6) is -0.107. The van der Waals surface area contributed by atoms with Gasteiger partial charge in [-0.15, -0.1) is 0 Å². The van der Waals surface area contributed by atoms with Crippen LogP contribution in [0.3, 0.4) is 0 Å². The lowest BCUT2D eigenvalue weighted by molar-refractivity contribution is -0.124. The average Bonchev–Trinajstić information content (AvgIpc) is 2.74. The summed E-state index contributed by atoms with van der Waals surface area (Å²) in [6, 6.07) is 9.56. The van der Waals surface area contributed by atoms with E-state index in [0.717, 1.165) is 31.5 Å². The van der Waals surface area contributed by atoms with Crippen molar-refractivity contribution in [3.8, 4) is 0 Å². The topological polar surface area (TPSA) is 70.7 Å². The molecule has 0 saturated carbocycles. The number of hydrogen-bond donors (Lipinski definition) is 2. The maximum absolute atomic E-state index is 12.7. The van der Waals surface area contributed by atoms with Crippen LogP contribution in [0, 0.1) is 5.92 Å². The van der Waals surface area contributed by atoms with E-state index in [9.17, 15) is 9.59 Å². The number of benzene rings is 1. The number of alkyl carbamates (subject to hydrolysis) is 1. The molecule has 0 spiro atoms. The second kappa shape index (κ2) is 12.5. The van der Waals surface area contributed by atoms with Crippen LogP contribution in [0.5, 0.6) is 0 Å². The van der Waals surface area contributed by atoms with Crippen LogP contribution >= 0.6 is 0 Å². The minimum Gasteiger partial charge on any atom is -0.445 e. The molecule has 0 aliphatic carbocycles. The molecule has 1 saturated heterocycles. The molecule has 0 bridgehead atoms. The molecule has 1 heterocycles. The second-order valence-corrected chi connectivity index (χ2v) is 8.09. The van der Waals surface area contributed by atoms with Crippen molar-refractivity contribution in [3.05, 3.63) is 35.9 Å². The molecule has 2 rings (SSSR count). The first-order valence-corrected chi connectivity index (χ1v) is 11.0. The first-order valence-electron chi connectivity index (χ1n) is 11.0. The second-order valence-electron chi connectivity index (χ2n) is 8.09. The fourth-order valence-electron chi connectivity index (χ4n) is 3.69. The average molecular weight is 404 g/mol. The van der Waals surface area contributed by atoms with E-state index in [1.807, 2.05) is 44.2 Å². The predicted octanol–water partition coefficient (Wildman–Crippen LogP) is 3.71. The van der Waals surface area contributed by atoms with Crippen LogP contribution in [-0.2, 0) is 16.1 Å². The highest BCUT2D eigenvalue weighted by Crippen LogP contribution is 2.16. The summed E-state index contributed by atoms with van der Waals surface area (Å²) in [6.07, 6.45) is 5.00. The Morgan fingerprint density at radius 3 is 2.69 bits per heavy atom. The summed E-state index contributed by atoms with van der Waals surface area (Å²) < 4.78 is 5.28. The molecule has 6 heteroatoms. The van der Waals surface area contributed by atoms with Crippen molar-refractivity contribution in [3.63, 3.8) is 0 Å². The number of rotatable bonds is 10. The van der Waals surface area contributed by atoms with Gasteiger partial charge in [-0.2, -0.15) is 0 Å². The number of nitrogens with zero attached hydrogens (tertiary/aromatic N) is 1. The number of amides is 2. The monoisotopic (exact) mass is 403 g/mol. The van der Waals surface area contributed by atoms with E-state index in [4.69, 9.17) is 4.74 Å². The summed E-state index contributed by atoms with van der Waals surface area (Å²) in [7, 11) is 0. The van der Waals surface area contributed by atoms with Crippen molar-refractivity contribution in [2.75, 3.05) is 19.6 Å². The quantitative estimate of drug-likeness (QED) is 0.584. The lowest BCUT2D eigenvalue weighted by Gasteiger charge is -2.33. The van der Waals surface area contributed by atoms with Crippen molar-refractivity contribution in [1.29, 1.82) is 0 Å². The fourth-order valence-corrected chi connectivity index (χ4v) is 3.69. The molecule has 0 unspecified atom stereocenters. The van der Waals surface area contributed by atoms with E-state index in [-0.39, 0.29) is 18.4 Å². The number of piperidine rings is 1. The molecule has 2 amide bonds. The normalized spacial score (nSPS) is 19.2. The lowest BCUT2D eigenvalue weighted by Crippen LogP contribution is -2.50. The van der Waals surface area contributed by atoms with Gasteiger partial charge in [0.25, 0.3) is 0 Å². The van der Waals surface area contributed by atoms with Gasteiger partial charge < -0.3 is 20.3 Å². The third-order valence-electron chi connectivity index (χ3n) is 5.84. The standard InChI is InChI=1S/C23H37N3O3/c1-4-18(2)21(25-23(28)29-17-20-12-6-5-7-13-20)22(27)24-14-10-16-26-15-9-8-11-19(26)3/h5-7,12-13,18-19,21H,4,8-11,14-17H2,1-3H3,(H,24,27)(H,25,28)/t18-,19+,21-/m0/s1. The third kappa shape index (κ3) is 8.05. The van der Waals surface area contributed by atoms with Crippen LogP contribution in [0.1, 0.15) is 58.4 Å². The molecule has 6 nitrogen and oxygen atoms in total. The van der Waals surface area contributed by atoms with Crippen LogP contribution in [0.2, 0.25) is 0 Å². The van der Waals surface area contributed by atoms with Gasteiger partial charge in [-0.25, -0.2) is 4.79 Å². The third-order valence-corrected chi connectivity index (χ3v) is 5.84. The minimum absolute atomic E-state index is 0.0291. The van der Waals surface area contributed by atoms with Gasteiger partial charge in [-0.1, -0.05) is 57.0 Å². The smallest absolute Gasteiger partial charge is 0.408 e. The minimum atomic E-state index is -0.586. The molecular weight excluding hydrogens is 366 g/mol. The Bertz CT molecular complexity index is 623. The van der Waals surface area contributed by atoms with E-state index >= 15 is 0 Å². The van der Waals surface area contributed by atoms with Crippen molar-refractivity contribution in [1.82, 2.24) is 15.5 Å². The lowest BCUT2D eigenvalue weighted by atomic mass is 9.98. The van der Waals surface area contributed by atoms with E-state index in [1.165, 1.54) is 19.3 Å². The number of ether oxygens (including phenoxy) is 1. The van der Waals surface area contributed by atoms with Gasteiger partial charge in [-0.05, 0) is 44.2 Å². The van der Waals surface area contributed by atoms with E-state index < -0.39 is 12.1 Å². The molecule has 3 atom stereocenters. The Hall–Kier alpha value is -2.08. The summed E-state index contributed by atoms with van der Waals surface area (Å²) >= 11 is 0. The van der Waals surface area contributed by atoms with E-state index in [1.54, 1.807) is 0 Å². The van der Waals surface area contributed by atoms with Gasteiger partial charge in [0.15, 0.2) is 0 Å². The van der Waals surface area contributed by atoms with Crippen molar-refractivity contribution < 1.29 is 14.3 Å². The Labute approximate surface area is 175 Å². The highest BCUT2D eigenvalue weighted by molar-refractivity contribution is 5.85. The van der Waals surface area contributed by atoms with Gasteiger partial charge in [0, 0.05) is 19.1 Å². The maximum atomic E-state index is 12.7. The summed E-state index contributed by atoms with van der Waals surface area (Å²) in [5.41, 5.74) is 0.916. The summed E-state index contributed by atoms with van der Waals surface area (Å²) in [6.45, 7) is 9.23. The highest BCUT2D eigenvalue weighted by atomic mass is 16.5. The Balaban J connectivity index is 1.75. The fraction of sp³-hybridized carbons (Fsp3) is 0.652. The Morgan fingerprint density at radius 1 is 1.24 bits per heavy atom. The zero-order chi connectivity index (χ0) is 21.1. The molecule has 2 N–H and O–H groups in total. The van der Waals surface area contributed by atoms with Crippen molar-refractivity contribution >= 4 is 12.0 Å². The van der Waals surface area contributed by atoms with Crippen LogP contribution in [-0.4, -0.2) is 48.6 Å². The van der Waals surface area contributed by atoms with Crippen LogP contribution in [0.15, 0.2) is 30.3 Å². The van der Waals surface area contributed by atoms with Crippen LogP contribution in [0.25, 0.3) is 0 Å². The van der Waals surface area contributed by atoms with Crippen LogP contribution < -0.4 is 10.6 Å². The molecule has 1 aromatic rings. The predicted molar refractivity (Wildman–Crippen MR) is 116 cm³/mol. The van der Waals surface area contributed by atoms with Gasteiger partial charge in [0.2, 0.25) is 5.91 Å². The summed E-state index contributed by atoms with van der Waals surface area (Å²) in [5, 5.41) is 5.75. The van der Waals surface area contributed by atoms with E-state index in [0.29, 0.717) is 12.6 Å². The number of carbonyl (C=O) groups excluding carboxylic acids is 2. The molecule has 162 valence electrons. The molecule has 1 aliphatic heterocycles. The first kappa shape index (κ1) is 23.2. The number of nitrogens with one attached hydrogen (secondary N) is 2. The zero-order valence-corrected chi connectivity index (χ0v) is 18.2. The van der Waals surface area contributed by atoms with E-state index in [2.05, 4.69) is 22.5 Å². The van der Waals surface area contributed by atoms with Crippen LogP contribution in [0.4, 0.5) is 4.79 Å². The van der Waals surface area contributed by atoms with Gasteiger partial charge in [0.1, 0.15) is 12.6 Å². The maximum Gasteiger partial charge on any atom is 0.408 e. The number of carbonyl (C=O) groups is 2. The molecule has 0 aromatic heterocycles. The highest BCUT2D eigenvalue weighted by Gasteiger charge is 2.26. The Kier molecular flexibility index (Phi) is 9.98. The van der Waals surface area contributed by atoms with Crippen molar-refractivity contribution in [2.45, 2.75) is 71.6 Å². The molecule has 1 aromatic carbocycles. The Morgan fingerprint density at radius 2 is 2.00 bits per heavy atom. The first-order chi connectivity index (χ1) is 14.0.